The van der Waals surface area contributed by atoms with Crippen molar-refractivity contribution in [1.82, 2.24) is 4.98 Å². The molecule has 0 saturated heterocycles. The first-order chi connectivity index (χ1) is 7.06. The Morgan fingerprint density at radius 1 is 1.67 bits per heavy atom. The highest BCUT2D eigenvalue weighted by molar-refractivity contribution is 9.10. The van der Waals surface area contributed by atoms with Crippen LogP contribution in [0.5, 0.6) is 0 Å². The third kappa shape index (κ3) is 2.72. The molecule has 15 heavy (non-hydrogen) atoms. The lowest BCUT2D eigenvalue weighted by Gasteiger charge is -1.98. The van der Waals surface area contributed by atoms with E-state index < -0.39 is 16.7 Å². The summed E-state index contributed by atoms with van der Waals surface area (Å²) in [5.41, 5.74) is -0.0771. The summed E-state index contributed by atoms with van der Waals surface area (Å²) in [5.74, 6) is -1.08. The summed E-state index contributed by atoms with van der Waals surface area (Å²) < 4.78 is 4.89. The van der Waals surface area contributed by atoms with E-state index in [1.807, 2.05) is 0 Å². The van der Waals surface area contributed by atoms with Crippen molar-refractivity contribution < 1.29 is 14.5 Å². The highest BCUT2D eigenvalue weighted by Crippen LogP contribution is 2.22. The Hall–Kier alpha value is -1.50. The second-order valence-electron chi connectivity index (χ2n) is 2.48. The molecule has 0 unspecified atom stereocenters. The SMILES string of the molecule is CCOC(=O)c1ccc(Br)c([N+](=O)[O-])n1. The fourth-order valence-electron chi connectivity index (χ4n) is 0.878. The number of halogens is 1. The molecule has 1 aromatic heterocycles. The number of pyridine rings is 1. The predicted octanol–water partition coefficient (Wildman–Crippen LogP) is 1.93. The number of esters is 1. The third-order valence-electron chi connectivity index (χ3n) is 1.49. The molecular weight excluding hydrogens is 268 g/mol. The monoisotopic (exact) mass is 274 g/mol. The molecule has 0 aromatic carbocycles. The number of hydrogen-bond donors (Lipinski definition) is 0. The third-order valence-corrected chi connectivity index (χ3v) is 2.10. The van der Waals surface area contributed by atoms with E-state index in [0.29, 0.717) is 0 Å². The average Bonchev–Trinajstić information content (AvgIpc) is 2.18. The van der Waals surface area contributed by atoms with Crippen LogP contribution in [0.25, 0.3) is 0 Å². The molecule has 6 nitrogen and oxygen atoms in total. The van der Waals surface area contributed by atoms with Gasteiger partial charge in [0.05, 0.1) is 6.61 Å². The summed E-state index contributed by atoms with van der Waals surface area (Å²) in [4.78, 5) is 24.6. The van der Waals surface area contributed by atoms with Crippen LogP contribution in [0.15, 0.2) is 16.6 Å². The second kappa shape index (κ2) is 4.83. The Morgan fingerprint density at radius 2 is 2.33 bits per heavy atom. The molecular formula is C8H7BrN2O4. The van der Waals surface area contributed by atoms with Gasteiger partial charge in [0.2, 0.25) is 0 Å². The van der Waals surface area contributed by atoms with Crippen molar-refractivity contribution in [3.63, 3.8) is 0 Å². The average molecular weight is 275 g/mol. The highest BCUT2D eigenvalue weighted by Gasteiger charge is 2.20. The van der Waals surface area contributed by atoms with Crippen molar-refractivity contribution in [2.45, 2.75) is 6.92 Å². The molecule has 1 rings (SSSR count). The Labute approximate surface area is 93.5 Å². The number of carbonyl (C=O) groups is 1. The number of aromatic nitrogens is 1. The zero-order valence-electron chi connectivity index (χ0n) is 7.77. The second-order valence-corrected chi connectivity index (χ2v) is 3.33. The lowest BCUT2D eigenvalue weighted by molar-refractivity contribution is -0.390. The summed E-state index contributed by atoms with van der Waals surface area (Å²) in [6.45, 7) is 1.84. The summed E-state index contributed by atoms with van der Waals surface area (Å²) in [6.07, 6.45) is 0. The number of ether oxygens (including phenoxy) is 1. The van der Waals surface area contributed by atoms with Crippen LogP contribution in [-0.4, -0.2) is 22.5 Å². The van der Waals surface area contributed by atoms with Crippen LogP contribution in [0.3, 0.4) is 0 Å². The molecule has 0 saturated carbocycles. The van der Waals surface area contributed by atoms with E-state index in [9.17, 15) is 14.9 Å². The fraction of sp³-hybridized carbons (Fsp3) is 0.250. The Balaban J connectivity index is 3.07. The molecule has 0 aliphatic rings. The van der Waals surface area contributed by atoms with E-state index in [-0.39, 0.29) is 16.8 Å². The van der Waals surface area contributed by atoms with E-state index in [4.69, 9.17) is 0 Å². The van der Waals surface area contributed by atoms with Crippen LogP contribution in [0.1, 0.15) is 17.4 Å². The normalized spacial score (nSPS) is 9.73. The number of nitro groups is 1. The standard InChI is InChI=1S/C8H7BrN2O4/c1-2-15-8(12)6-4-3-5(9)7(10-6)11(13)14/h3-4H,2H2,1H3. The van der Waals surface area contributed by atoms with Crippen molar-refractivity contribution in [2.24, 2.45) is 0 Å². The maximum absolute atomic E-state index is 11.2. The Kier molecular flexibility index (Phi) is 3.73. The zero-order valence-corrected chi connectivity index (χ0v) is 9.35. The molecule has 7 heteroatoms. The molecule has 1 heterocycles. The first kappa shape index (κ1) is 11.6. The van der Waals surface area contributed by atoms with E-state index in [2.05, 4.69) is 25.7 Å². The summed E-state index contributed by atoms with van der Waals surface area (Å²) in [7, 11) is 0. The maximum atomic E-state index is 11.2. The van der Waals surface area contributed by atoms with Crippen LogP contribution in [0.2, 0.25) is 0 Å². The molecule has 0 spiro atoms. The minimum Gasteiger partial charge on any atom is -0.460 e. The molecule has 0 atom stereocenters. The minimum absolute atomic E-state index is 0.0771. The molecule has 0 N–H and O–H groups in total. The molecule has 1 aromatic rings. The molecule has 0 aliphatic carbocycles. The van der Waals surface area contributed by atoms with E-state index in [1.165, 1.54) is 12.1 Å². The van der Waals surface area contributed by atoms with E-state index in [0.717, 1.165) is 0 Å². The number of hydrogen-bond acceptors (Lipinski definition) is 5. The zero-order chi connectivity index (χ0) is 11.4. The van der Waals surface area contributed by atoms with Crippen molar-refractivity contribution in [1.29, 1.82) is 0 Å². The fourth-order valence-corrected chi connectivity index (χ4v) is 1.24. The van der Waals surface area contributed by atoms with Gasteiger partial charge in [-0.2, -0.15) is 0 Å². The van der Waals surface area contributed by atoms with Crippen LogP contribution >= 0.6 is 15.9 Å². The predicted molar refractivity (Wildman–Crippen MR) is 54.5 cm³/mol. The van der Waals surface area contributed by atoms with Gasteiger partial charge in [0.25, 0.3) is 5.69 Å². The quantitative estimate of drug-likeness (QED) is 0.478. The molecule has 0 radical (unpaired) electrons. The van der Waals surface area contributed by atoms with E-state index >= 15 is 0 Å². The van der Waals surface area contributed by atoms with Gasteiger partial charge in [0.15, 0.2) is 0 Å². The van der Waals surface area contributed by atoms with Gasteiger partial charge in [0.1, 0.15) is 4.47 Å². The van der Waals surface area contributed by atoms with Gasteiger partial charge in [-0.25, -0.2) is 4.79 Å². The van der Waals surface area contributed by atoms with Crippen molar-refractivity contribution in [3.05, 3.63) is 32.4 Å². The van der Waals surface area contributed by atoms with Gasteiger partial charge in [-0.05, 0) is 44.9 Å². The lowest BCUT2D eigenvalue weighted by Crippen LogP contribution is -2.08. The smallest absolute Gasteiger partial charge is 0.383 e. The van der Waals surface area contributed by atoms with Gasteiger partial charge in [-0.1, -0.05) is 0 Å². The Morgan fingerprint density at radius 3 is 2.87 bits per heavy atom. The van der Waals surface area contributed by atoms with Crippen LogP contribution in [0, 0.1) is 10.1 Å². The summed E-state index contributed by atoms with van der Waals surface area (Å²) >= 11 is 2.96. The molecule has 0 amide bonds. The van der Waals surface area contributed by atoms with Crippen molar-refractivity contribution in [3.8, 4) is 0 Å². The molecule has 0 aliphatic heterocycles. The van der Waals surface area contributed by atoms with Crippen molar-refractivity contribution in [2.75, 3.05) is 6.61 Å². The summed E-state index contributed by atoms with van der Waals surface area (Å²) in [6, 6.07) is 2.74. The molecule has 0 bridgehead atoms. The number of rotatable bonds is 3. The lowest BCUT2D eigenvalue weighted by atomic mass is 10.3. The topological polar surface area (TPSA) is 82.3 Å². The first-order valence-corrected chi connectivity index (χ1v) is 4.83. The first-order valence-electron chi connectivity index (χ1n) is 4.04. The van der Waals surface area contributed by atoms with E-state index in [1.54, 1.807) is 6.92 Å². The van der Waals surface area contributed by atoms with Crippen LogP contribution < -0.4 is 0 Å². The number of carbonyl (C=O) groups excluding carboxylic acids is 1. The van der Waals surface area contributed by atoms with Gasteiger partial charge < -0.3 is 14.9 Å². The van der Waals surface area contributed by atoms with Gasteiger partial charge in [0, 0.05) is 0 Å². The van der Waals surface area contributed by atoms with Crippen LogP contribution in [0.4, 0.5) is 5.82 Å². The highest BCUT2D eigenvalue weighted by atomic mass is 79.9. The summed E-state index contributed by atoms with van der Waals surface area (Å²) in [5, 5.41) is 10.5. The minimum atomic E-state index is -0.674. The van der Waals surface area contributed by atoms with Gasteiger partial charge in [-0.15, -0.1) is 0 Å². The van der Waals surface area contributed by atoms with Gasteiger partial charge in [-0.3, -0.25) is 0 Å². The molecule has 0 fully saturated rings. The largest absolute Gasteiger partial charge is 0.460 e. The Bertz CT molecular complexity index is 408. The molecule has 80 valence electrons. The number of nitrogens with zero attached hydrogens (tertiary/aromatic N) is 2. The maximum Gasteiger partial charge on any atom is 0.383 e. The van der Waals surface area contributed by atoms with Crippen molar-refractivity contribution >= 4 is 27.7 Å². The van der Waals surface area contributed by atoms with Gasteiger partial charge >= 0.3 is 11.8 Å². The van der Waals surface area contributed by atoms with Crippen LogP contribution in [-0.2, 0) is 4.74 Å².